The SMILES string of the molecule is CC(CS(=O)(=O)c1ccc(F)cc1)C(=O)N1C(C(=O)O)CC2CCCCC21. The summed E-state index contributed by atoms with van der Waals surface area (Å²) < 4.78 is 38.2. The first-order chi connectivity index (χ1) is 12.7. The minimum absolute atomic E-state index is 0.0460. The minimum atomic E-state index is -3.78. The van der Waals surface area contributed by atoms with E-state index in [1.807, 2.05) is 0 Å². The van der Waals surface area contributed by atoms with Gasteiger partial charge in [0.1, 0.15) is 11.9 Å². The van der Waals surface area contributed by atoms with Crippen molar-refractivity contribution in [2.24, 2.45) is 11.8 Å². The number of hydrogen-bond donors (Lipinski definition) is 1. The second-order valence-electron chi connectivity index (χ2n) is 7.58. The minimum Gasteiger partial charge on any atom is -0.480 e. The number of carbonyl (C=O) groups excluding carboxylic acids is 1. The lowest BCUT2D eigenvalue weighted by Crippen LogP contribution is -2.49. The fourth-order valence-electron chi connectivity index (χ4n) is 4.39. The molecule has 0 aromatic heterocycles. The third-order valence-corrected chi connectivity index (χ3v) is 7.62. The van der Waals surface area contributed by atoms with Crippen LogP contribution in [0.3, 0.4) is 0 Å². The molecular weight excluding hydrogens is 373 g/mol. The summed E-state index contributed by atoms with van der Waals surface area (Å²) in [5, 5.41) is 9.55. The molecular formula is C19H24FNO5S. The maximum absolute atomic E-state index is 13.0. The van der Waals surface area contributed by atoms with Gasteiger partial charge in [-0.05, 0) is 49.4 Å². The van der Waals surface area contributed by atoms with E-state index in [1.165, 1.54) is 24.0 Å². The van der Waals surface area contributed by atoms with Gasteiger partial charge in [-0.25, -0.2) is 17.6 Å². The van der Waals surface area contributed by atoms with Gasteiger partial charge < -0.3 is 10.0 Å². The predicted octanol–water partition coefficient (Wildman–Crippen LogP) is 2.48. The Morgan fingerprint density at radius 3 is 2.48 bits per heavy atom. The summed E-state index contributed by atoms with van der Waals surface area (Å²) >= 11 is 0. The lowest BCUT2D eigenvalue weighted by atomic mass is 9.84. The Bertz CT molecular complexity index is 823. The van der Waals surface area contributed by atoms with Gasteiger partial charge in [0.05, 0.1) is 10.6 Å². The number of carboxylic acid groups (broad SMARTS) is 1. The topological polar surface area (TPSA) is 91.8 Å². The smallest absolute Gasteiger partial charge is 0.326 e. The molecule has 148 valence electrons. The maximum atomic E-state index is 13.0. The van der Waals surface area contributed by atoms with Gasteiger partial charge >= 0.3 is 5.97 Å². The van der Waals surface area contributed by atoms with Crippen molar-refractivity contribution in [1.82, 2.24) is 4.90 Å². The molecule has 1 aromatic rings. The Kier molecular flexibility index (Phi) is 5.55. The average Bonchev–Trinajstić information content (AvgIpc) is 3.01. The first-order valence-electron chi connectivity index (χ1n) is 9.24. The molecule has 0 bridgehead atoms. The number of amides is 1. The van der Waals surface area contributed by atoms with E-state index in [-0.39, 0.29) is 16.9 Å². The van der Waals surface area contributed by atoms with Crippen LogP contribution in [-0.4, -0.2) is 48.1 Å². The zero-order valence-corrected chi connectivity index (χ0v) is 16.0. The molecule has 6 nitrogen and oxygen atoms in total. The van der Waals surface area contributed by atoms with Gasteiger partial charge in [0.15, 0.2) is 9.84 Å². The second-order valence-corrected chi connectivity index (χ2v) is 9.62. The van der Waals surface area contributed by atoms with E-state index in [0.29, 0.717) is 6.42 Å². The molecule has 0 spiro atoms. The van der Waals surface area contributed by atoms with E-state index < -0.39 is 45.2 Å². The van der Waals surface area contributed by atoms with Crippen molar-refractivity contribution in [3.05, 3.63) is 30.1 Å². The summed E-state index contributed by atoms with van der Waals surface area (Å²) in [5.41, 5.74) is 0. The van der Waals surface area contributed by atoms with Crippen LogP contribution in [0.5, 0.6) is 0 Å². The van der Waals surface area contributed by atoms with Gasteiger partial charge in [0.25, 0.3) is 0 Å². The molecule has 3 rings (SSSR count). The molecule has 1 N–H and O–H groups in total. The van der Waals surface area contributed by atoms with Crippen molar-refractivity contribution in [1.29, 1.82) is 0 Å². The van der Waals surface area contributed by atoms with Crippen molar-refractivity contribution in [3.63, 3.8) is 0 Å². The Hall–Kier alpha value is -1.96. The molecule has 2 fully saturated rings. The number of fused-ring (bicyclic) bond motifs is 1. The first-order valence-corrected chi connectivity index (χ1v) is 10.9. The van der Waals surface area contributed by atoms with Gasteiger partial charge in [0.2, 0.25) is 5.91 Å². The largest absolute Gasteiger partial charge is 0.480 e. The molecule has 1 saturated heterocycles. The highest BCUT2D eigenvalue weighted by Crippen LogP contribution is 2.40. The van der Waals surface area contributed by atoms with Crippen LogP contribution in [0.4, 0.5) is 4.39 Å². The van der Waals surface area contributed by atoms with Crippen molar-refractivity contribution in [2.45, 2.75) is 56.0 Å². The fraction of sp³-hybridized carbons (Fsp3) is 0.579. The standard InChI is InChI=1S/C19H24FNO5S/c1-12(11-27(25,26)15-8-6-14(20)7-9-15)18(22)21-16-5-3-2-4-13(16)10-17(21)19(23)24/h6-9,12-13,16-17H,2-5,10-11H2,1H3,(H,23,24). The lowest BCUT2D eigenvalue weighted by Gasteiger charge is -2.34. The highest BCUT2D eigenvalue weighted by molar-refractivity contribution is 7.91. The third kappa shape index (κ3) is 4.00. The number of rotatable bonds is 5. The van der Waals surface area contributed by atoms with Gasteiger partial charge in [-0.3, -0.25) is 4.79 Å². The van der Waals surface area contributed by atoms with Crippen molar-refractivity contribution < 1.29 is 27.5 Å². The van der Waals surface area contributed by atoms with Gasteiger partial charge in [-0.1, -0.05) is 19.8 Å². The first kappa shape index (κ1) is 19.8. The molecule has 1 aliphatic carbocycles. The summed E-state index contributed by atoms with van der Waals surface area (Å²) in [6, 6.07) is 3.47. The lowest BCUT2D eigenvalue weighted by molar-refractivity contribution is -0.151. The molecule has 1 amide bonds. The van der Waals surface area contributed by atoms with Crippen LogP contribution in [0.2, 0.25) is 0 Å². The van der Waals surface area contributed by atoms with E-state index in [4.69, 9.17) is 0 Å². The summed E-state index contributed by atoms with van der Waals surface area (Å²) in [6.07, 6.45) is 4.07. The zero-order valence-electron chi connectivity index (χ0n) is 15.2. The molecule has 4 unspecified atom stereocenters. The molecule has 1 aliphatic heterocycles. The summed E-state index contributed by atoms with van der Waals surface area (Å²) in [7, 11) is -3.78. The van der Waals surface area contributed by atoms with E-state index in [2.05, 4.69) is 0 Å². The van der Waals surface area contributed by atoms with E-state index in [1.54, 1.807) is 0 Å². The second kappa shape index (κ2) is 7.58. The Labute approximate surface area is 158 Å². The number of carbonyl (C=O) groups is 2. The normalized spacial score (nSPS) is 26.4. The van der Waals surface area contributed by atoms with Crippen molar-refractivity contribution >= 4 is 21.7 Å². The molecule has 2 aliphatic rings. The average molecular weight is 397 g/mol. The monoisotopic (exact) mass is 397 g/mol. The zero-order chi connectivity index (χ0) is 19.8. The quantitative estimate of drug-likeness (QED) is 0.771. The van der Waals surface area contributed by atoms with Crippen molar-refractivity contribution in [3.8, 4) is 0 Å². The van der Waals surface area contributed by atoms with E-state index in [0.717, 1.165) is 37.8 Å². The van der Waals surface area contributed by atoms with Crippen molar-refractivity contribution in [2.75, 3.05) is 5.75 Å². The highest BCUT2D eigenvalue weighted by Gasteiger charge is 2.48. The molecule has 1 saturated carbocycles. The molecule has 1 heterocycles. The Morgan fingerprint density at radius 2 is 1.85 bits per heavy atom. The Balaban J connectivity index is 1.79. The number of likely N-dealkylation sites (tertiary alicyclic amines) is 1. The summed E-state index contributed by atoms with van der Waals surface area (Å²) in [6.45, 7) is 1.51. The number of benzene rings is 1. The number of halogens is 1. The number of aliphatic carboxylic acids is 1. The molecule has 8 heteroatoms. The van der Waals surface area contributed by atoms with Gasteiger partial charge in [0, 0.05) is 12.0 Å². The summed E-state index contributed by atoms with van der Waals surface area (Å²) in [4.78, 5) is 26.1. The van der Waals surface area contributed by atoms with Crippen LogP contribution in [0.15, 0.2) is 29.2 Å². The fourth-order valence-corrected chi connectivity index (χ4v) is 5.93. The maximum Gasteiger partial charge on any atom is 0.326 e. The van der Waals surface area contributed by atoms with Gasteiger partial charge in [-0.2, -0.15) is 0 Å². The van der Waals surface area contributed by atoms with E-state index >= 15 is 0 Å². The van der Waals surface area contributed by atoms with Crippen LogP contribution >= 0.6 is 0 Å². The molecule has 27 heavy (non-hydrogen) atoms. The van der Waals surface area contributed by atoms with Crippen LogP contribution in [0.1, 0.15) is 39.0 Å². The summed E-state index contributed by atoms with van der Waals surface area (Å²) in [5.74, 6) is -3.14. The third-order valence-electron chi connectivity index (χ3n) is 5.69. The van der Waals surface area contributed by atoms with Crippen LogP contribution in [-0.2, 0) is 19.4 Å². The van der Waals surface area contributed by atoms with E-state index in [9.17, 15) is 27.5 Å². The number of carboxylic acids is 1. The van der Waals surface area contributed by atoms with Crippen LogP contribution in [0, 0.1) is 17.7 Å². The number of nitrogens with zero attached hydrogens (tertiary/aromatic N) is 1. The Morgan fingerprint density at radius 1 is 1.22 bits per heavy atom. The molecule has 4 atom stereocenters. The van der Waals surface area contributed by atoms with Gasteiger partial charge in [-0.15, -0.1) is 0 Å². The predicted molar refractivity (Wildman–Crippen MR) is 96.2 cm³/mol. The number of hydrogen-bond acceptors (Lipinski definition) is 4. The number of sulfone groups is 1. The molecule has 1 aromatic carbocycles. The molecule has 0 radical (unpaired) electrons. The van der Waals surface area contributed by atoms with Crippen LogP contribution in [0.25, 0.3) is 0 Å². The highest BCUT2D eigenvalue weighted by atomic mass is 32.2. The van der Waals surface area contributed by atoms with Crippen LogP contribution < -0.4 is 0 Å².